The zero-order valence-electron chi connectivity index (χ0n) is 12.7. The smallest absolute Gasteiger partial charge is 0.416 e. The number of nitrogens with zero attached hydrogens (tertiary/aromatic N) is 1. The zero-order chi connectivity index (χ0) is 18.1. The molecule has 134 valence electrons. The van der Waals surface area contributed by atoms with Gasteiger partial charge in [0.2, 0.25) is 0 Å². The molecule has 1 aromatic carbocycles. The van der Waals surface area contributed by atoms with Crippen molar-refractivity contribution in [1.29, 1.82) is 0 Å². The second-order valence-electron chi connectivity index (χ2n) is 5.44. The highest BCUT2D eigenvalue weighted by atomic mass is 19.4. The summed E-state index contributed by atoms with van der Waals surface area (Å²) in [6, 6.07) is 1.00. The van der Waals surface area contributed by atoms with Crippen LogP contribution in [0.2, 0.25) is 0 Å². The molecular weight excluding hydrogens is 340 g/mol. The second kappa shape index (κ2) is 6.52. The molecule has 0 heterocycles. The van der Waals surface area contributed by atoms with E-state index >= 15 is 0 Å². The Morgan fingerprint density at radius 2 is 1.58 bits per heavy atom. The van der Waals surface area contributed by atoms with E-state index in [1.54, 1.807) is 6.92 Å². The van der Waals surface area contributed by atoms with Crippen LogP contribution in [-0.4, -0.2) is 30.0 Å². The minimum Gasteiger partial charge on any atom is -0.484 e. The van der Waals surface area contributed by atoms with Crippen molar-refractivity contribution in [1.82, 2.24) is 4.90 Å². The Bertz CT molecular complexity index is 575. The van der Waals surface area contributed by atoms with Crippen LogP contribution in [-0.2, 0) is 17.1 Å². The predicted octanol–water partition coefficient (Wildman–Crippen LogP) is 4.11. The highest BCUT2D eigenvalue weighted by Crippen LogP contribution is 2.38. The van der Waals surface area contributed by atoms with Crippen LogP contribution in [0.15, 0.2) is 18.2 Å². The minimum absolute atomic E-state index is 0.0111. The van der Waals surface area contributed by atoms with Crippen molar-refractivity contribution in [2.24, 2.45) is 0 Å². The van der Waals surface area contributed by atoms with Crippen molar-refractivity contribution >= 4 is 5.91 Å². The SMILES string of the molecule is CCN(C(=O)COc1cc(C(F)(F)F)cc(C(F)(F)F)c1)C1CC1. The molecule has 1 fully saturated rings. The average Bonchev–Trinajstić information content (AvgIpc) is 3.28. The normalized spacial score (nSPS) is 15.3. The van der Waals surface area contributed by atoms with Crippen LogP contribution in [0, 0.1) is 0 Å². The lowest BCUT2D eigenvalue weighted by Gasteiger charge is -2.21. The summed E-state index contributed by atoms with van der Waals surface area (Å²) in [6.07, 6.45) is -8.23. The summed E-state index contributed by atoms with van der Waals surface area (Å²) in [4.78, 5) is 13.4. The molecule has 1 saturated carbocycles. The van der Waals surface area contributed by atoms with E-state index in [2.05, 4.69) is 0 Å². The fraction of sp³-hybridized carbons (Fsp3) is 0.533. The first-order chi connectivity index (χ1) is 11.0. The quantitative estimate of drug-likeness (QED) is 0.744. The molecule has 1 aliphatic rings. The van der Waals surface area contributed by atoms with E-state index in [-0.39, 0.29) is 12.1 Å². The topological polar surface area (TPSA) is 29.5 Å². The molecule has 2 rings (SSSR count). The van der Waals surface area contributed by atoms with E-state index in [1.807, 2.05) is 0 Å². The van der Waals surface area contributed by atoms with E-state index in [0.29, 0.717) is 18.7 Å². The predicted molar refractivity (Wildman–Crippen MR) is 72.4 cm³/mol. The lowest BCUT2D eigenvalue weighted by Crippen LogP contribution is -2.36. The maximum Gasteiger partial charge on any atom is 0.416 e. The molecule has 1 aliphatic carbocycles. The standard InChI is InChI=1S/C15H15F6NO2/c1-2-22(11-3-4-11)13(23)8-24-12-6-9(14(16,17)18)5-10(7-12)15(19,20)21/h5-7,11H,2-4,8H2,1H3. The summed E-state index contributed by atoms with van der Waals surface area (Å²) >= 11 is 0. The van der Waals surface area contributed by atoms with Gasteiger partial charge in [-0.2, -0.15) is 26.3 Å². The van der Waals surface area contributed by atoms with Crippen LogP contribution in [0.4, 0.5) is 26.3 Å². The summed E-state index contributed by atoms with van der Waals surface area (Å²) in [6.45, 7) is 1.54. The molecule has 0 unspecified atom stereocenters. The molecule has 3 nitrogen and oxygen atoms in total. The summed E-state index contributed by atoms with van der Waals surface area (Å²) in [5.41, 5.74) is -2.95. The summed E-state index contributed by atoms with van der Waals surface area (Å²) < 4.78 is 81.3. The summed E-state index contributed by atoms with van der Waals surface area (Å²) in [5.74, 6) is -1.11. The lowest BCUT2D eigenvalue weighted by atomic mass is 10.1. The van der Waals surface area contributed by atoms with Crippen molar-refractivity contribution in [3.05, 3.63) is 29.3 Å². The number of benzene rings is 1. The van der Waals surface area contributed by atoms with E-state index < -0.39 is 41.7 Å². The number of rotatable bonds is 5. The van der Waals surface area contributed by atoms with Crippen molar-refractivity contribution < 1.29 is 35.9 Å². The number of alkyl halides is 6. The molecule has 0 radical (unpaired) electrons. The Kier molecular flexibility index (Phi) is 5.00. The molecule has 9 heteroatoms. The van der Waals surface area contributed by atoms with Gasteiger partial charge in [-0.05, 0) is 38.0 Å². The third kappa shape index (κ3) is 4.55. The monoisotopic (exact) mass is 355 g/mol. The van der Waals surface area contributed by atoms with Gasteiger partial charge in [0.25, 0.3) is 5.91 Å². The Hall–Kier alpha value is -1.93. The Morgan fingerprint density at radius 3 is 1.96 bits per heavy atom. The number of halogens is 6. The molecule has 0 aromatic heterocycles. The maximum atomic E-state index is 12.7. The van der Waals surface area contributed by atoms with E-state index in [0.717, 1.165) is 12.8 Å². The van der Waals surface area contributed by atoms with Crippen molar-refractivity contribution in [3.63, 3.8) is 0 Å². The molecule has 1 amide bonds. The van der Waals surface area contributed by atoms with E-state index in [9.17, 15) is 31.1 Å². The first-order valence-electron chi connectivity index (χ1n) is 7.24. The average molecular weight is 355 g/mol. The minimum atomic E-state index is -4.95. The van der Waals surface area contributed by atoms with Gasteiger partial charge in [0.05, 0.1) is 11.1 Å². The molecule has 0 N–H and O–H groups in total. The Morgan fingerprint density at radius 1 is 1.08 bits per heavy atom. The fourth-order valence-corrected chi connectivity index (χ4v) is 2.26. The summed E-state index contributed by atoms with van der Waals surface area (Å²) in [5, 5.41) is 0. The van der Waals surface area contributed by atoms with E-state index in [1.165, 1.54) is 4.90 Å². The van der Waals surface area contributed by atoms with Gasteiger partial charge in [-0.15, -0.1) is 0 Å². The molecule has 0 aliphatic heterocycles. The van der Waals surface area contributed by atoms with Crippen LogP contribution < -0.4 is 4.74 Å². The van der Waals surface area contributed by atoms with Gasteiger partial charge in [-0.25, -0.2) is 0 Å². The highest BCUT2D eigenvalue weighted by Gasteiger charge is 2.37. The van der Waals surface area contributed by atoms with Gasteiger partial charge >= 0.3 is 12.4 Å². The van der Waals surface area contributed by atoms with Gasteiger partial charge in [0.15, 0.2) is 6.61 Å². The number of ether oxygens (including phenoxy) is 1. The number of carbonyl (C=O) groups is 1. The number of hydrogen-bond donors (Lipinski definition) is 0. The molecule has 24 heavy (non-hydrogen) atoms. The van der Waals surface area contributed by atoms with Gasteiger partial charge in [-0.3, -0.25) is 4.79 Å². The molecule has 0 bridgehead atoms. The van der Waals surface area contributed by atoms with Crippen molar-refractivity contribution in [2.75, 3.05) is 13.2 Å². The van der Waals surface area contributed by atoms with Crippen LogP contribution in [0.25, 0.3) is 0 Å². The Balaban J connectivity index is 2.18. The van der Waals surface area contributed by atoms with Gasteiger partial charge < -0.3 is 9.64 Å². The van der Waals surface area contributed by atoms with Crippen molar-refractivity contribution in [2.45, 2.75) is 38.2 Å². The second-order valence-corrected chi connectivity index (χ2v) is 5.44. The number of carbonyl (C=O) groups excluding carboxylic acids is 1. The van der Waals surface area contributed by atoms with Gasteiger partial charge in [-0.1, -0.05) is 0 Å². The van der Waals surface area contributed by atoms with E-state index in [4.69, 9.17) is 4.74 Å². The number of amides is 1. The van der Waals surface area contributed by atoms with Crippen molar-refractivity contribution in [3.8, 4) is 5.75 Å². The van der Waals surface area contributed by atoms with Gasteiger partial charge in [0, 0.05) is 12.6 Å². The molecular formula is C15H15F6NO2. The number of hydrogen-bond acceptors (Lipinski definition) is 2. The van der Waals surface area contributed by atoms with Crippen LogP contribution >= 0.6 is 0 Å². The molecule has 1 aromatic rings. The lowest BCUT2D eigenvalue weighted by molar-refractivity contribution is -0.143. The number of likely N-dealkylation sites (N-methyl/N-ethyl adjacent to an activating group) is 1. The Labute approximate surface area is 134 Å². The molecule has 0 spiro atoms. The molecule has 0 saturated heterocycles. The maximum absolute atomic E-state index is 12.7. The van der Waals surface area contributed by atoms with Crippen LogP contribution in [0.3, 0.4) is 0 Å². The van der Waals surface area contributed by atoms with Crippen LogP contribution in [0.5, 0.6) is 5.75 Å². The molecule has 0 atom stereocenters. The van der Waals surface area contributed by atoms with Crippen LogP contribution in [0.1, 0.15) is 30.9 Å². The largest absolute Gasteiger partial charge is 0.484 e. The summed E-state index contributed by atoms with van der Waals surface area (Å²) in [7, 11) is 0. The highest BCUT2D eigenvalue weighted by molar-refractivity contribution is 5.78. The first kappa shape index (κ1) is 18.4. The first-order valence-corrected chi connectivity index (χ1v) is 7.24. The third-order valence-corrected chi connectivity index (χ3v) is 3.57. The fourth-order valence-electron chi connectivity index (χ4n) is 2.26. The van der Waals surface area contributed by atoms with Gasteiger partial charge in [0.1, 0.15) is 5.75 Å². The zero-order valence-corrected chi connectivity index (χ0v) is 12.7. The third-order valence-electron chi connectivity index (χ3n) is 3.57.